The van der Waals surface area contributed by atoms with Crippen molar-refractivity contribution in [2.24, 2.45) is 0 Å². The van der Waals surface area contributed by atoms with Gasteiger partial charge < -0.3 is 5.32 Å². The molecule has 0 saturated heterocycles. The zero-order chi connectivity index (χ0) is 10.9. The Kier molecular flexibility index (Phi) is 3.27. The topological polar surface area (TPSA) is 12.0 Å². The summed E-state index contributed by atoms with van der Waals surface area (Å²) >= 11 is 3.04. The molecule has 4 heteroatoms. The summed E-state index contributed by atoms with van der Waals surface area (Å²) < 4.78 is 27.4. The summed E-state index contributed by atoms with van der Waals surface area (Å²) in [6, 6.07) is 2.52. The molecule has 1 nitrogen and oxygen atoms in total. The number of hydrogen-bond acceptors (Lipinski definition) is 1. The first-order valence-electron chi connectivity index (χ1n) is 4.22. The summed E-state index contributed by atoms with van der Waals surface area (Å²) in [6.45, 7) is 3.45. The molecule has 1 aromatic rings. The third-order valence-corrected chi connectivity index (χ3v) is 2.71. The van der Waals surface area contributed by atoms with Crippen molar-refractivity contribution in [1.29, 1.82) is 0 Å². The van der Waals surface area contributed by atoms with E-state index in [1.54, 1.807) is 20.9 Å². The maximum Gasteiger partial charge on any atom is 0.132 e. The Morgan fingerprint density at radius 2 is 1.64 bits per heavy atom. The number of rotatable bonds is 2. The van der Waals surface area contributed by atoms with E-state index in [2.05, 4.69) is 21.2 Å². The lowest BCUT2D eigenvalue weighted by Gasteiger charge is -2.25. The first-order chi connectivity index (χ1) is 6.38. The van der Waals surface area contributed by atoms with Crippen molar-refractivity contribution in [2.75, 3.05) is 7.05 Å². The van der Waals surface area contributed by atoms with Gasteiger partial charge in [-0.25, -0.2) is 8.78 Å². The molecule has 0 radical (unpaired) electrons. The van der Waals surface area contributed by atoms with Crippen molar-refractivity contribution in [3.05, 3.63) is 33.8 Å². The molecule has 0 atom stereocenters. The molecule has 0 aliphatic heterocycles. The fourth-order valence-corrected chi connectivity index (χ4v) is 1.67. The summed E-state index contributed by atoms with van der Waals surface area (Å²) in [6.07, 6.45) is 0. The molecule has 0 bridgehead atoms. The van der Waals surface area contributed by atoms with E-state index in [-0.39, 0.29) is 5.56 Å². The molecule has 1 rings (SSSR count). The molecule has 0 spiro atoms. The van der Waals surface area contributed by atoms with Crippen LogP contribution in [0.4, 0.5) is 8.78 Å². The Morgan fingerprint density at radius 1 is 1.21 bits per heavy atom. The van der Waals surface area contributed by atoms with Gasteiger partial charge in [0.05, 0.1) is 0 Å². The lowest BCUT2D eigenvalue weighted by atomic mass is 9.93. The maximum absolute atomic E-state index is 13.5. The monoisotopic (exact) mass is 263 g/mol. The molecule has 0 aromatic heterocycles. The lowest BCUT2D eigenvalue weighted by Crippen LogP contribution is -2.35. The Morgan fingerprint density at radius 3 is 2.00 bits per heavy atom. The van der Waals surface area contributed by atoms with Crippen LogP contribution in [0.5, 0.6) is 0 Å². The zero-order valence-electron chi connectivity index (χ0n) is 8.29. The highest BCUT2D eigenvalue weighted by molar-refractivity contribution is 9.10. The molecule has 0 fully saturated rings. The van der Waals surface area contributed by atoms with Gasteiger partial charge in [-0.15, -0.1) is 0 Å². The van der Waals surface area contributed by atoms with Crippen molar-refractivity contribution < 1.29 is 8.78 Å². The highest BCUT2D eigenvalue weighted by Gasteiger charge is 2.26. The van der Waals surface area contributed by atoms with Crippen LogP contribution >= 0.6 is 15.9 Å². The Labute approximate surface area is 90.6 Å². The van der Waals surface area contributed by atoms with E-state index >= 15 is 0 Å². The first kappa shape index (κ1) is 11.6. The number of benzene rings is 1. The van der Waals surface area contributed by atoms with Gasteiger partial charge in [-0.2, -0.15) is 0 Å². The Hall–Kier alpha value is -0.480. The van der Waals surface area contributed by atoms with Gasteiger partial charge in [0.15, 0.2) is 0 Å². The van der Waals surface area contributed by atoms with Crippen molar-refractivity contribution in [3.63, 3.8) is 0 Å². The van der Waals surface area contributed by atoms with Crippen molar-refractivity contribution in [1.82, 2.24) is 5.32 Å². The van der Waals surface area contributed by atoms with Crippen LogP contribution in [0.15, 0.2) is 16.6 Å². The molecule has 0 aliphatic rings. The first-order valence-corrected chi connectivity index (χ1v) is 5.01. The smallest absolute Gasteiger partial charge is 0.132 e. The van der Waals surface area contributed by atoms with Gasteiger partial charge in [0.25, 0.3) is 0 Å². The summed E-state index contributed by atoms with van der Waals surface area (Å²) in [5, 5.41) is 2.86. The van der Waals surface area contributed by atoms with E-state index < -0.39 is 17.2 Å². The van der Waals surface area contributed by atoms with E-state index in [4.69, 9.17) is 0 Å². The van der Waals surface area contributed by atoms with Crippen molar-refractivity contribution in [3.8, 4) is 0 Å². The van der Waals surface area contributed by atoms with Crippen LogP contribution in [0.1, 0.15) is 19.4 Å². The minimum absolute atomic E-state index is 0.0585. The highest BCUT2D eigenvalue weighted by atomic mass is 79.9. The minimum Gasteiger partial charge on any atom is -0.311 e. The van der Waals surface area contributed by atoms with E-state index in [1.807, 2.05) is 0 Å². The molecular formula is C10H12BrF2N. The summed E-state index contributed by atoms with van der Waals surface area (Å²) in [7, 11) is 1.67. The van der Waals surface area contributed by atoms with Crippen molar-refractivity contribution in [2.45, 2.75) is 19.4 Å². The molecule has 0 heterocycles. The predicted molar refractivity (Wildman–Crippen MR) is 56.1 cm³/mol. The van der Waals surface area contributed by atoms with E-state index in [9.17, 15) is 8.78 Å². The average molecular weight is 264 g/mol. The molecular weight excluding hydrogens is 252 g/mol. The maximum atomic E-state index is 13.5. The van der Waals surface area contributed by atoms with Gasteiger partial charge in [-0.1, -0.05) is 15.9 Å². The van der Waals surface area contributed by atoms with E-state index in [0.29, 0.717) is 4.47 Å². The van der Waals surface area contributed by atoms with Crippen molar-refractivity contribution >= 4 is 15.9 Å². The van der Waals surface area contributed by atoms with E-state index in [0.717, 1.165) is 0 Å². The van der Waals surface area contributed by atoms with Gasteiger partial charge in [-0.3, -0.25) is 0 Å². The molecule has 0 aliphatic carbocycles. The van der Waals surface area contributed by atoms with Crippen LogP contribution in [-0.2, 0) is 5.54 Å². The summed E-state index contributed by atoms with van der Waals surface area (Å²) in [5.41, 5.74) is -0.655. The third-order valence-electron chi connectivity index (χ3n) is 2.26. The molecule has 1 N–H and O–H groups in total. The molecule has 14 heavy (non-hydrogen) atoms. The van der Waals surface area contributed by atoms with Crippen LogP contribution in [0.25, 0.3) is 0 Å². The second-order valence-corrected chi connectivity index (χ2v) is 4.54. The zero-order valence-corrected chi connectivity index (χ0v) is 9.87. The molecule has 1 aromatic carbocycles. The Balaban J connectivity index is 3.35. The molecule has 0 unspecified atom stereocenters. The van der Waals surface area contributed by atoms with Gasteiger partial charge in [-0.05, 0) is 33.0 Å². The fraction of sp³-hybridized carbons (Fsp3) is 0.400. The summed E-state index contributed by atoms with van der Waals surface area (Å²) in [5.74, 6) is -1.09. The second-order valence-electron chi connectivity index (χ2n) is 3.62. The van der Waals surface area contributed by atoms with Gasteiger partial charge in [0.2, 0.25) is 0 Å². The average Bonchev–Trinajstić information content (AvgIpc) is 2.01. The van der Waals surface area contributed by atoms with Gasteiger partial charge in [0, 0.05) is 15.6 Å². The Bertz CT molecular complexity index is 327. The van der Waals surface area contributed by atoms with Gasteiger partial charge >= 0.3 is 0 Å². The minimum atomic E-state index is -0.713. The predicted octanol–water partition coefficient (Wildman–Crippen LogP) is 3.18. The van der Waals surface area contributed by atoms with Crippen LogP contribution in [0.2, 0.25) is 0 Å². The molecule has 0 saturated carbocycles. The number of halogens is 3. The molecule has 0 amide bonds. The largest absolute Gasteiger partial charge is 0.311 e. The van der Waals surface area contributed by atoms with Crippen LogP contribution in [-0.4, -0.2) is 7.05 Å². The number of hydrogen-bond donors (Lipinski definition) is 1. The number of nitrogens with one attached hydrogen (secondary N) is 1. The normalized spacial score (nSPS) is 11.9. The lowest BCUT2D eigenvalue weighted by molar-refractivity contribution is 0.394. The van der Waals surface area contributed by atoms with Crippen LogP contribution < -0.4 is 5.32 Å². The highest BCUT2D eigenvalue weighted by Crippen LogP contribution is 2.28. The summed E-state index contributed by atoms with van der Waals surface area (Å²) in [4.78, 5) is 0. The van der Waals surface area contributed by atoms with Crippen LogP contribution in [0, 0.1) is 11.6 Å². The standard InChI is InChI=1S/C10H12BrF2N/c1-10(2,14-3)9-7(12)4-6(11)5-8(9)13/h4-5,14H,1-3H3. The van der Waals surface area contributed by atoms with Gasteiger partial charge in [0.1, 0.15) is 11.6 Å². The molecule has 78 valence electrons. The second kappa shape index (κ2) is 3.95. The quantitative estimate of drug-likeness (QED) is 0.865. The van der Waals surface area contributed by atoms with Crippen LogP contribution in [0.3, 0.4) is 0 Å². The van der Waals surface area contributed by atoms with E-state index in [1.165, 1.54) is 12.1 Å². The SMILES string of the molecule is CNC(C)(C)c1c(F)cc(Br)cc1F. The fourth-order valence-electron chi connectivity index (χ4n) is 1.26. The third kappa shape index (κ3) is 2.12.